The molecule has 0 aliphatic heterocycles. The minimum absolute atomic E-state index is 0.213. The Balaban J connectivity index is 2.28. The van der Waals surface area contributed by atoms with Gasteiger partial charge in [-0.05, 0) is 58.9 Å². The van der Waals surface area contributed by atoms with Crippen molar-refractivity contribution in [3.05, 3.63) is 52.8 Å². The molecule has 1 heterocycles. The average molecular weight is 536 g/mol. The summed E-state index contributed by atoms with van der Waals surface area (Å²) in [5, 5.41) is -0.213. The Kier molecular flexibility index (Phi) is 7.82. The summed E-state index contributed by atoms with van der Waals surface area (Å²) in [5.74, 6) is 2.59. The number of ether oxygens (including phenoxy) is 1. The fraction of sp³-hybridized carbons (Fsp3) is 0.385. The smallest absolute Gasteiger partial charge is 0.404 e. The largest absolute Gasteiger partial charge is 0.573 e. The lowest BCUT2D eigenvalue weighted by molar-refractivity contribution is -0.274. The van der Waals surface area contributed by atoms with E-state index in [1.165, 1.54) is 12.1 Å². The van der Waals surface area contributed by atoms with E-state index < -0.39 is 26.1 Å². The van der Waals surface area contributed by atoms with E-state index in [-0.39, 0.29) is 10.6 Å². The van der Waals surface area contributed by atoms with Crippen LogP contribution in [-0.4, -0.2) is 29.9 Å². The molecule has 36 heavy (non-hydrogen) atoms. The third kappa shape index (κ3) is 5.40. The second-order valence-electron chi connectivity index (χ2n) is 9.65. The standard InChI is InChI=1S/C26H29ClF3N3O2Si/c1-15(2)36(16(3)4,17(5)6)12-11-24-32-21-13-18(25(31)34)7-9-22(21)33(24)19-8-10-23(20(27)14-19)35-26(28,29)30/h7-10,13-17H,1-6H3,(H2,31,34). The molecule has 1 aromatic heterocycles. The number of benzene rings is 2. The number of nitrogens with two attached hydrogens (primary N) is 1. The van der Waals surface area contributed by atoms with Gasteiger partial charge in [0, 0.05) is 5.56 Å². The van der Waals surface area contributed by atoms with Crippen molar-refractivity contribution in [2.45, 2.75) is 64.5 Å². The first-order valence-corrected chi connectivity index (χ1v) is 14.2. The minimum Gasteiger partial charge on any atom is -0.404 e. The lowest BCUT2D eigenvalue weighted by atomic mass is 10.2. The Morgan fingerprint density at radius 2 is 1.67 bits per heavy atom. The molecule has 2 aromatic carbocycles. The molecule has 5 nitrogen and oxygen atoms in total. The summed E-state index contributed by atoms with van der Waals surface area (Å²) in [7, 11) is -2.12. The van der Waals surface area contributed by atoms with Crippen molar-refractivity contribution in [1.29, 1.82) is 0 Å². The zero-order valence-corrected chi connectivity index (χ0v) is 22.8. The number of carbonyl (C=O) groups excluding carboxylic acids is 1. The molecule has 0 aliphatic carbocycles. The number of halogens is 4. The van der Waals surface area contributed by atoms with Crippen LogP contribution in [0.4, 0.5) is 13.2 Å². The fourth-order valence-corrected chi connectivity index (χ4v) is 10.4. The third-order valence-corrected chi connectivity index (χ3v) is 13.2. The van der Waals surface area contributed by atoms with Crippen molar-refractivity contribution in [1.82, 2.24) is 9.55 Å². The molecule has 0 saturated carbocycles. The van der Waals surface area contributed by atoms with Crippen LogP contribution in [0.5, 0.6) is 5.75 Å². The van der Waals surface area contributed by atoms with Crippen molar-refractivity contribution in [3.8, 4) is 22.9 Å². The molecule has 0 aliphatic rings. The predicted molar refractivity (Wildman–Crippen MR) is 139 cm³/mol. The second-order valence-corrected chi connectivity index (χ2v) is 15.6. The van der Waals surface area contributed by atoms with Crippen LogP contribution in [-0.2, 0) is 0 Å². The molecule has 10 heteroatoms. The van der Waals surface area contributed by atoms with Crippen LogP contribution >= 0.6 is 11.6 Å². The zero-order valence-electron chi connectivity index (χ0n) is 21.0. The number of amides is 1. The average Bonchev–Trinajstić information content (AvgIpc) is 3.11. The summed E-state index contributed by atoms with van der Waals surface area (Å²) in [4.78, 5) is 16.4. The third-order valence-electron chi connectivity index (χ3n) is 6.60. The van der Waals surface area contributed by atoms with Crippen LogP contribution < -0.4 is 10.5 Å². The molecule has 0 bridgehead atoms. The van der Waals surface area contributed by atoms with Gasteiger partial charge in [0.15, 0.2) is 5.82 Å². The van der Waals surface area contributed by atoms with Crippen molar-refractivity contribution < 1.29 is 22.7 Å². The maximum absolute atomic E-state index is 12.7. The molecule has 0 atom stereocenters. The van der Waals surface area contributed by atoms with Gasteiger partial charge >= 0.3 is 6.36 Å². The van der Waals surface area contributed by atoms with Gasteiger partial charge in [-0.25, -0.2) is 4.98 Å². The van der Waals surface area contributed by atoms with E-state index in [0.717, 1.165) is 6.07 Å². The van der Waals surface area contributed by atoms with Gasteiger partial charge < -0.3 is 10.5 Å². The van der Waals surface area contributed by atoms with Gasteiger partial charge in [-0.3, -0.25) is 9.36 Å². The van der Waals surface area contributed by atoms with Gasteiger partial charge in [-0.1, -0.05) is 53.1 Å². The lowest BCUT2D eigenvalue weighted by Gasteiger charge is -2.38. The van der Waals surface area contributed by atoms with Crippen molar-refractivity contribution in [3.63, 3.8) is 0 Å². The van der Waals surface area contributed by atoms with E-state index in [1.54, 1.807) is 22.8 Å². The molecule has 192 valence electrons. The summed E-state index contributed by atoms with van der Waals surface area (Å²) in [6.07, 6.45) is -4.87. The highest BCUT2D eigenvalue weighted by molar-refractivity contribution is 6.90. The van der Waals surface area contributed by atoms with Gasteiger partial charge in [-0.2, -0.15) is 0 Å². The molecule has 3 rings (SSSR count). The summed E-state index contributed by atoms with van der Waals surface area (Å²) in [6.45, 7) is 13.2. The zero-order chi connectivity index (χ0) is 27.0. The van der Waals surface area contributed by atoms with E-state index in [1.807, 2.05) is 0 Å². The first-order valence-electron chi connectivity index (χ1n) is 11.6. The molecular formula is C26H29ClF3N3O2Si. The number of carbonyl (C=O) groups is 1. The number of fused-ring (bicyclic) bond motifs is 1. The number of hydrogen-bond acceptors (Lipinski definition) is 3. The van der Waals surface area contributed by atoms with Gasteiger partial charge in [0.05, 0.1) is 21.7 Å². The predicted octanol–water partition coefficient (Wildman–Crippen LogP) is 7.25. The molecule has 0 fully saturated rings. The van der Waals surface area contributed by atoms with Gasteiger partial charge in [0.25, 0.3) is 0 Å². The quantitative estimate of drug-likeness (QED) is 0.267. The normalized spacial score (nSPS) is 12.4. The fourth-order valence-electron chi connectivity index (χ4n) is 5.01. The Bertz CT molecular complexity index is 1330. The van der Waals surface area contributed by atoms with E-state index in [9.17, 15) is 18.0 Å². The summed E-state index contributed by atoms with van der Waals surface area (Å²) < 4.78 is 43.9. The van der Waals surface area contributed by atoms with E-state index in [4.69, 9.17) is 17.3 Å². The molecule has 0 radical (unpaired) electrons. The maximum Gasteiger partial charge on any atom is 0.573 e. The number of primary amides is 1. The van der Waals surface area contributed by atoms with Gasteiger partial charge in [0.1, 0.15) is 13.8 Å². The summed E-state index contributed by atoms with van der Waals surface area (Å²) in [6, 6.07) is 8.80. The topological polar surface area (TPSA) is 70.1 Å². The first kappa shape index (κ1) is 27.6. The maximum atomic E-state index is 12.7. The monoisotopic (exact) mass is 535 g/mol. The van der Waals surface area contributed by atoms with Crippen molar-refractivity contribution in [2.24, 2.45) is 5.73 Å². The molecule has 0 unspecified atom stereocenters. The highest BCUT2D eigenvalue weighted by Gasteiger charge is 2.41. The Morgan fingerprint density at radius 3 is 2.17 bits per heavy atom. The minimum atomic E-state index is -4.87. The van der Waals surface area contributed by atoms with Crippen LogP contribution in [0.15, 0.2) is 36.4 Å². The summed E-state index contributed by atoms with van der Waals surface area (Å²) >= 11 is 6.15. The van der Waals surface area contributed by atoms with Gasteiger partial charge in [0.2, 0.25) is 5.91 Å². The van der Waals surface area contributed by atoms with E-state index in [2.05, 4.69) is 62.7 Å². The number of hydrogen-bond donors (Lipinski definition) is 1. The van der Waals surface area contributed by atoms with Crippen molar-refractivity contribution >= 4 is 36.6 Å². The molecular weight excluding hydrogens is 507 g/mol. The molecule has 2 N–H and O–H groups in total. The Morgan fingerprint density at radius 1 is 1.06 bits per heavy atom. The number of nitrogens with zero attached hydrogens (tertiary/aromatic N) is 2. The molecule has 0 spiro atoms. The highest BCUT2D eigenvalue weighted by Crippen LogP contribution is 2.41. The number of alkyl halides is 3. The second kappa shape index (κ2) is 10.2. The van der Waals surface area contributed by atoms with E-state index >= 15 is 0 Å². The van der Waals surface area contributed by atoms with Crippen molar-refractivity contribution in [2.75, 3.05) is 0 Å². The van der Waals surface area contributed by atoms with Crippen LogP contribution in [0.25, 0.3) is 16.7 Å². The summed E-state index contributed by atoms with van der Waals surface area (Å²) in [5.41, 5.74) is 12.1. The Hall–Kier alpha value is -2.96. The highest BCUT2D eigenvalue weighted by atomic mass is 35.5. The van der Waals surface area contributed by atoms with Crippen LogP contribution in [0.2, 0.25) is 21.6 Å². The van der Waals surface area contributed by atoms with Crippen LogP contribution in [0.1, 0.15) is 57.7 Å². The number of aromatic nitrogens is 2. The SMILES string of the molecule is CC(C)[Si](C#Cc1nc2cc(C(N)=O)ccc2n1-c1ccc(OC(F)(F)F)c(Cl)c1)(C(C)C)C(C)C. The Labute approximate surface area is 214 Å². The molecule has 1 amide bonds. The number of rotatable bonds is 6. The van der Waals surface area contributed by atoms with Gasteiger partial charge in [-0.15, -0.1) is 18.7 Å². The number of imidazole rings is 1. The molecule has 0 saturated heterocycles. The van der Waals surface area contributed by atoms with Crippen LogP contribution in [0.3, 0.4) is 0 Å². The lowest BCUT2D eigenvalue weighted by Crippen LogP contribution is -2.43. The van der Waals surface area contributed by atoms with E-state index in [0.29, 0.717) is 39.2 Å². The van der Waals surface area contributed by atoms with Crippen LogP contribution in [0, 0.1) is 11.5 Å². The first-order chi connectivity index (χ1) is 16.7. The molecule has 3 aromatic rings.